The SMILES string of the molecule is CC(CN)N(C)S(=O)(=O)c1ccc(Cl)c2ccccc12.Cl. The van der Waals surface area contributed by atoms with E-state index in [-0.39, 0.29) is 29.9 Å². The normalized spacial score (nSPS) is 13.2. The average molecular weight is 349 g/mol. The molecule has 7 heteroatoms. The number of nitrogens with two attached hydrogens (primary N) is 1. The van der Waals surface area contributed by atoms with Crippen molar-refractivity contribution < 1.29 is 8.42 Å². The lowest BCUT2D eigenvalue weighted by atomic mass is 10.1. The minimum atomic E-state index is -3.60. The fourth-order valence-corrected chi connectivity index (χ4v) is 3.79. The van der Waals surface area contributed by atoms with Crippen LogP contribution in [0.5, 0.6) is 0 Å². The van der Waals surface area contributed by atoms with E-state index in [0.29, 0.717) is 10.4 Å². The van der Waals surface area contributed by atoms with Gasteiger partial charge in [-0.2, -0.15) is 4.31 Å². The summed E-state index contributed by atoms with van der Waals surface area (Å²) in [6.45, 7) is 2.04. The Labute approximate surface area is 136 Å². The molecule has 4 nitrogen and oxygen atoms in total. The number of halogens is 2. The molecule has 0 radical (unpaired) electrons. The van der Waals surface area contributed by atoms with Crippen molar-refractivity contribution in [2.75, 3.05) is 13.6 Å². The number of sulfonamides is 1. The van der Waals surface area contributed by atoms with Crippen LogP contribution in [0.25, 0.3) is 10.8 Å². The maximum Gasteiger partial charge on any atom is 0.243 e. The lowest BCUT2D eigenvalue weighted by molar-refractivity contribution is 0.395. The molecule has 2 rings (SSSR count). The smallest absolute Gasteiger partial charge is 0.243 e. The van der Waals surface area contributed by atoms with Gasteiger partial charge in [0.05, 0.1) is 4.90 Å². The molecule has 2 N–H and O–H groups in total. The van der Waals surface area contributed by atoms with Crippen LogP contribution in [-0.4, -0.2) is 32.4 Å². The predicted octanol–water partition coefficient (Wildman–Crippen LogP) is 2.88. The average Bonchev–Trinajstić information content (AvgIpc) is 2.46. The summed E-state index contributed by atoms with van der Waals surface area (Å²) in [7, 11) is -2.06. The number of nitrogens with zero attached hydrogens (tertiary/aromatic N) is 1. The Balaban J connectivity index is 0.00000220. The highest BCUT2D eigenvalue weighted by Crippen LogP contribution is 2.30. The van der Waals surface area contributed by atoms with Gasteiger partial charge in [-0.3, -0.25) is 0 Å². The van der Waals surface area contributed by atoms with Gasteiger partial charge in [-0.05, 0) is 19.1 Å². The molecule has 1 unspecified atom stereocenters. The first-order valence-electron chi connectivity index (χ1n) is 6.25. The molecule has 0 saturated heterocycles. The first-order chi connectivity index (χ1) is 9.39. The van der Waals surface area contributed by atoms with Gasteiger partial charge < -0.3 is 5.73 Å². The van der Waals surface area contributed by atoms with E-state index in [1.165, 1.54) is 11.4 Å². The van der Waals surface area contributed by atoms with E-state index in [9.17, 15) is 8.42 Å². The maximum atomic E-state index is 12.7. The third kappa shape index (κ3) is 3.33. The van der Waals surface area contributed by atoms with E-state index in [1.54, 1.807) is 31.2 Å². The number of benzene rings is 2. The number of hydrogen-bond donors (Lipinski definition) is 1. The molecule has 2 aromatic rings. The summed E-state index contributed by atoms with van der Waals surface area (Å²) in [4.78, 5) is 0.250. The van der Waals surface area contributed by atoms with Crippen LogP contribution in [0.15, 0.2) is 41.3 Å². The largest absolute Gasteiger partial charge is 0.329 e. The van der Waals surface area contributed by atoms with Gasteiger partial charge in [0.25, 0.3) is 0 Å². The van der Waals surface area contributed by atoms with Crippen molar-refractivity contribution in [2.45, 2.75) is 17.9 Å². The molecule has 1 atom stereocenters. The van der Waals surface area contributed by atoms with Crippen LogP contribution in [0, 0.1) is 0 Å². The molecule has 0 spiro atoms. The van der Waals surface area contributed by atoms with Crippen LogP contribution < -0.4 is 5.73 Å². The Morgan fingerprint density at radius 2 is 1.76 bits per heavy atom. The van der Waals surface area contributed by atoms with Gasteiger partial charge in [-0.15, -0.1) is 12.4 Å². The zero-order valence-electron chi connectivity index (χ0n) is 11.8. The summed E-state index contributed by atoms with van der Waals surface area (Å²) < 4.78 is 26.7. The number of hydrogen-bond acceptors (Lipinski definition) is 3. The summed E-state index contributed by atoms with van der Waals surface area (Å²) in [5, 5.41) is 1.88. The van der Waals surface area contributed by atoms with Crippen molar-refractivity contribution in [3.05, 3.63) is 41.4 Å². The lowest BCUT2D eigenvalue weighted by Crippen LogP contribution is -2.39. The van der Waals surface area contributed by atoms with Gasteiger partial charge in [0, 0.05) is 35.4 Å². The molecule has 2 aromatic carbocycles. The van der Waals surface area contributed by atoms with Gasteiger partial charge >= 0.3 is 0 Å². The number of fused-ring (bicyclic) bond motifs is 1. The van der Waals surface area contributed by atoms with E-state index in [1.807, 2.05) is 12.1 Å². The van der Waals surface area contributed by atoms with Gasteiger partial charge in [0.1, 0.15) is 0 Å². The molecule has 0 aliphatic carbocycles. The standard InChI is InChI=1S/C14H17ClN2O2S.ClH/c1-10(9-16)17(2)20(18,19)14-8-7-13(15)11-5-3-4-6-12(11)14;/h3-8,10H,9,16H2,1-2H3;1H. The minimum absolute atomic E-state index is 0. The van der Waals surface area contributed by atoms with Crippen LogP contribution >= 0.6 is 24.0 Å². The van der Waals surface area contributed by atoms with Crippen molar-refractivity contribution in [1.29, 1.82) is 0 Å². The molecule has 116 valence electrons. The van der Waals surface area contributed by atoms with E-state index >= 15 is 0 Å². The molecule has 0 heterocycles. The minimum Gasteiger partial charge on any atom is -0.329 e. The molecule has 21 heavy (non-hydrogen) atoms. The topological polar surface area (TPSA) is 63.4 Å². The molecule has 0 fully saturated rings. The monoisotopic (exact) mass is 348 g/mol. The molecule has 0 amide bonds. The van der Waals surface area contributed by atoms with Crippen molar-refractivity contribution in [2.24, 2.45) is 5.73 Å². The Bertz CT molecular complexity index is 735. The summed E-state index contributed by atoms with van der Waals surface area (Å²) in [6.07, 6.45) is 0. The molecule has 0 aliphatic heterocycles. The molecular weight excluding hydrogens is 331 g/mol. The summed E-state index contributed by atoms with van der Waals surface area (Å²) in [5.74, 6) is 0. The molecule has 0 bridgehead atoms. The van der Waals surface area contributed by atoms with Crippen LogP contribution in [0.4, 0.5) is 0 Å². The van der Waals surface area contributed by atoms with Crippen LogP contribution in [0.1, 0.15) is 6.92 Å². The Hall–Kier alpha value is -0.850. The number of likely N-dealkylation sites (N-methyl/N-ethyl adjacent to an activating group) is 1. The second kappa shape index (κ2) is 6.94. The maximum absolute atomic E-state index is 12.7. The van der Waals surface area contributed by atoms with Gasteiger partial charge in [-0.25, -0.2) is 8.42 Å². The molecule has 0 saturated carbocycles. The van der Waals surface area contributed by atoms with Crippen molar-refractivity contribution >= 4 is 44.8 Å². The zero-order valence-corrected chi connectivity index (χ0v) is 14.2. The van der Waals surface area contributed by atoms with E-state index in [0.717, 1.165) is 5.39 Å². The van der Waals surface area contributed by atoms with Crippen molar-refractivity contribution in [1.82, 2.24) is 4.31 Å². The molecule has 0 aliphatic rings. The highest BCUT2D eigenvalue weighted by molar-refractivity contribution is 7.89. The summed E-state index contributed by atoms with van der Waals surface area (Å²) in [5.41, 5.74) is 5.56. The lowest BCUT2D eigenvalue weighted by Gasteiger charge is -2.23. The van der Waals surface area contributed by atoms with Crippen LogP contribution in [0.2, 0.25) is 5.02 Å². The quantitative estimate of drug-likeness (QED) is 0.923. The summed E-state index contributed by atoms with van der Waals surface area (Å²) >= 11 is 6.12. The number of rotatable bonds is 4. The molecule has 0 aromatic heterocycles. The Morgan fingerprint density at radius 1 is 1.19 bits per heavy atom. The third-order valence-corrected chi connectivity index (χ3v) is 5.81. The Kier molecular flexibility index (Phi) is 6.01. The van der Waals surface area contributed by atoms with E-state index < -0.39 is 10.0 Å². The van der Waals surface area contributed by atoms with Gasteiger partial charge in [-0.1, -0.05) is 35.9 Å². The first-order valence-corrected chi connectivity index (χ1v) is 8.06. The third-order valence-electron chi connectivity index (χ3n) is 3.45. The zero-order chi connectivity index (χ0) is 14.9. The van der Waals surface area contributed by atoms with E-state index in [4.69, 9.17) is 17.3 Å². The summed E-state index contributed by atoms with van der Waals surface area (Å²) in [6, 6.07) is 10.1. The highest BCUT2D eigenvalue weighted by atomic mass is 35.5. The fraction of sp³-hybridized carbons (Fsp3) is 0.286. The first kappa shape index (κ1) is 18.2. The highest BCUT2D eigenvalue weighted by Gasteiger charge is 2.26. The fourth-order valence-electron chi connectivity index (χ4n) is 2.00. The van der Waals surface area contributed by atoms with Crippen molar-refractivity contribution in [3.63, 3.8) is 0 Å². The van der Waals surface area contributed by atoms with Crippen molar-refractivity contribution in [3.8, 4) is 0 Å². The second-order valence-corrected chi connectivity index (χ2v) is 7.07. The molecular formula is C14H18Cl2N2O2S. The van der Waals surface area contributed by atoms with Crippen LogP contribution in [0.3, 0.4) is 0 Å². The predicted molar refractivity (Wildman–Crippen MR) is 89.7 cm³/mol. The van der Waals surface area contributed by atoms with Gasteiger partial charge in [0.15, 0.2) is 0 Å². The van der Waals surface area contributed by atoms with Gasteiger partial charge in [0.2, 0.25) is 10.0 Å². The van der Waals surface area contributed by atoms with E-state index in [2.05, 4.69) is 0 Å². The Morgan fingerprint density at radius 3 is 2.33 bits per heavy atom. The van der Waals surface area contributed by atoms with Crippen LogP contribution in [-0.2, 0) is 10.0 Å². The second-order valence-electron chi connectivity index (χ2n) is 4.70.